The van der Waals surface area contributed by atoms with Crippen LogP contribution in [0.4, 0.5) is 4.39 Å². The molecule has 1 aromatic carbocycles. The summed E-state index contributed by atoms with van der Waals surface area (Å²) in [6, 6.07) is 4.25. The predicted octanol–water partition coefficient (Wildman–Crippen LogP) is 2.50. The molecule has 7 heteroatoms. The molecule has 0 amide bonds. The molecule has 1 heterocycles. The number of benzene rings is 1. The smallest absolute Gasteiger partial charge is 0.342 e. The number of aromatic nitrogens is 1. The molecule has 0 aliphatic rings. The normalized spacial score (nSPS) is 13.3. The van der Waals surface area contributed by atoms with Gasteiger partial charge < -0.3 is 20.2 Å². The maximum absolute atomic E-state index is 14.0. The van der Waals surface area contributed by atoms with E-state index in [4.69, 9.17) is 10.5 Å². The summed E-state index contributed by atoms with van der Waals surface area (Å²) in [4.78, 5) is 14.4. The molecule has 1 unspecified atom stereocenters. The zero-order valence-electron chi connectivity index (χ0n) is 11.8. The highest BCUT2D eigenvalue weighted by Gasteiger charge is 2.29. The average molecular weight is 317 g/mol. The lowest BCUT2D eigenvalue weighted by molar-refractivity contribution is -0.149. The molecule has 0 aliphatic carbocycles. The number of halogens is 2. The van der Waals surface area contributed by atoms with Crippen molar-refractivity contribution < 1.29 is 18.7 Å². The van der Waals surface area contributed by atoms with E-state index in [2.05, 4.69) is 9.72 Å². The Morgan fingerprint density at radius 3 is 2.81 bits per heavy atom. The van der Waals surface area contributed by atoms with Crippen molar-refractivity contribution in [2.75, 3.05) is 13.7 Å². The molecule has 0 aliphatic heterocycles. The zero-order chi connectivity index (χ0) is 14.7. The molecule has 0 saturated carbocycles. The van der Waals surface area contributed by atoms with E-state index < -0.39 is 18.2 Å². The Bertz CT molecular complexity index is 617. The Morgan fingerprint density at radius 2 is 2.19 bits per heavy atom. The van der Waals surface area contributed by atoms with Gasteiger partial charge in [-0.2, -0.15) is 0 Å². The Balaban J connectivity index is 0.00000220. The Kier molecular flexibility index (Phi) is 5.99. The minimum Gasteiger partial charge on any atom is -0.497 e. The van der Waals surface area contributed by atoms with Crippen molar-refractivity contribution in [2.24, 2.45) is 5.73 Å². The van der Waals surface area contributed by atoms with Crippen molar-refractivity contribution >= 4 is 29.3 Å². The number of alkyl halides is 1. The van der Waals surface area contributed by atoms with Gasteiger partial charge in [0.1, 0.15) is 5.75 Å². The van der Waals surface area contributed by atoms with E-state index in [1.54, 1.807) is 32.4 Å². The number of methoxy groups -OCH3 is 1. The molecule has 116 valence electrons. The van der Waals surface area contributed by atoms with Crippen LogP contribution in [0.25, 0.3) is 10.9 Å². The molecule has 0 spiro atoms. The van der Waals surface area contributed by atoms with Crippen molar-refractivity contribution in [1.29, 1.82) is 0 Å². The summed E-state index contributed by atoms with van der Waals surface area (Å²) < 4.78 is 23.8. The van der Waals surface area contributed by atoms with Crippen molar-refractivity contribution in [3.05, 3.63) is 30.0 Å². The first-order valence-electron chi connectivity index (χ1n) is 6.29. The summed E-state index contributed by atoms with van der Waals surface area (Å²) in [5, 5.41) is 0.726. The van der Waals surface area contributed by atoms with Crippen molar-refractivity contribution in [1.82, 2.24) is 4.98 Å². The highest BCUT2D eigenvalue weighted by molar-refractivity contribution is 5.86. The summed E-state index contributed by atoms with van der Waals surface area (Å²) in [6.45, 7) is 1.74. The molecule has 2 atom stereocenters. The van der Waals surface area contributed by atoms with Crippen molar-refractivity contribution in [2.45, 2.75) is 19.1 Å². The maximum atomic E-state index is 14.0. The molecule has 1 aromatic heterocycles. The Hall–Kier alpha value is -1.79. The lowest BCUT2D eigenvalue weighted by Gasteiger charge is -2.15. The fourth-order valence-electron chi connectivity index (χ4n) is 2.05. The maximum Gasteiger partial charge on any atom is 0.342 e. The number of carbonyl (C=O) groups excluding carboxylic acids is 1. The van der Waals surface area contributed by atoms with E-state index in [9.17, 15) is 9.18 Å². The lowest BCUT2D eigenvalue weighted by Crippen LogP contribution is -2.31. The number of rotatable bonds is 5. The molecular formula is C14H18ClFN2O3. The summed E-state index contributed by atoms with van der Waals surface area (Å²) in [5.74, 6) is -0.311. The lowest BCUT2D eigenvalue weighted by atomic mass is 10.0. The summed E-state index contributed by atoms with van der Waals surface area (Å²) in [5.41, 5.74) is 7.15. The van der Waals surface area contributed by atoms with E-state index in [0.717, 1.165) is 10.9 Å². The van der Waals surface area contributed by atoms with E-state index in [1.807, 2.05) is 6.07 Å². The van der Waals surface area contributed by atoms with E-state index >= 15 is 0 Å². The second-order valence-electron chi connectivity index (χ2n) is 4.34. The molecule has 21 heavy (non-hydrogen) atoms. The van der Waals surface area contributed by atoms with Crippen LogP contribution in [0.2, 0.25) is 0 Å². The van der Waals surface area contributed by atoms with Crippen LogP contribution in [-0.4, -0.2) is 30.8 Å². The first-order valence-corrected chi connectivity index (χ1v) is 6.29. The van der Waals surface area contributed by atoms with Gasteiger partial charge in [-0.05, 0) is 30.7 Å². The van der Waals surface area contributed by atoms with Crippen LogP contribution in [0, 0.1) is 0 Å². The van der Waals surface area contributed by atoms with Crippen LogP contribution in [0.3, 0.4) is 0 Å². The third-order valence-corrected chi connectivity index (χ3v) is 3.11. The largest absolute Gasteiger partial charge is 0.497 e. The summed E-state index contributed by atoms with van der Waals surface area (Å²) >= 11 is 0. The van der Waals surface area contributed by atoms with E-state index in [-0.39, 0.29) is 19.0 Å². The number of ether oxygens (including phenoxy) is 2. The molecule has 3 N–H and O–H groups in total. The first-order chi connectivity index (χ1) is 9.58. The summed E-state index contributed by atoms with van der Waals surface area (Å²) in [7, 11) is 1.55. The van der Waals surface area contributed by atoms with Gasteiger partial charge in [0.25, 0.3) is 0 Å². The molecule has 0 fully saturated rings. The molecule has 0 saturated heterocycles. The molecule has 0 bridgehead atoms. The fourth-order valence-corrected chi connectivity index (χ4v) is 2.05. The number of nitrogens with one attached hydrogen (secondary N) is 1. The van der Waals surface area contributed by atoms with Gasteiger partial charge in [-0.1, -0.05) is 0 Å². The first kappa shape index (κ1) is 17.3. The van der Waals surface area contributed by atoms with Gasteiger partial charge in [-0.25, -0.2) is 9.18 Å². The van der Waals surface area contributed by atoms with Crippen LogP contribution in [0.1, 0.15) is 18.5 Å². The number of fused-ring (bicyclic) bond motifs is 1. The second kappa shape index (κ2) is 7.28. The molecule has 2 rings (SSSR count). The zero-order valence-corrected chi connectivity index (χ0v) is 12.6. The monoisotopic (exact) mass is 316 g/mol. The number of esters is 1. The third-order valence-electron chi connectivity index (χ3n) is 3.11. The highest BCUT2D eigenvalue weighted by Crippen LogP contribution is 2.29. The second-order valence-corrected chi connectivity index (χ2v) is 4.34. The molecule has 5 nitrogen and oxygen atoms in total. The predicted molar refractivity (Wildman–Crippen MR) is 80.6 cm³/mol. The minimum absolute atomic E-state index is 0. The number of carbonyl (C=O) groups is 1. The van der Waals surface area contributed by atoms with Gasteiger partial charge in [0.05, 0.1) is 19.8 Å². The van der Waals surface area contributed by atoms with Gasteiger partial charge in [0, 0.05) is 17.1 Å². The van der Waals surface area contributed by atoms with Crippen molar-refractivity contribution in [3.63, 3.8) is 0 Å². The van der Waals surface area contributed by atoms with E-state index in [1.165, 1.54) is 0 Å². The number of hydrogen-bond acceptors (Lipinski definition) is 4. The third kappa shape index (κ3) is 3.46. The number of nitrogens with two attached hydrogens (primary N) is 1. The average Bonchev–Trinajstić information content (AvgIpc) is 2.88. The van der Waals surface area contributed by atoms with Crippen LogP contribution in [-0.2, 0) is 9.53 Å². The number of H-pyrrole nitrogens is 1. The SMILES string of the molecule is CCOC(=O)C(F)[C@H](N)c1c[nH]c2ccc(OC)cc12.Cl. The van der Waals surface area contributed by atoms with Gasteiger partial charge in [-0.3, -0.25) is 0 Å². The van der Waals surface area contributed by atoms with Crippen LogP contribution < -0.4 is 10.5 Å². The molecule has 0 radical (unpaired) electrons. The van der Waals surface area contributed by atoms with Crippen LogP contribution in [0.15, 0.2) is 24.4 Å². The quantitative estimate of drug-likeness (QED) is 0.831. The minimum atomic E-state index is -1.90. The Labute approximate surface area is 128 Å². The van der Waals surface area contributed by atoms with Crippen LogP contribution in [0.5, 0.6) is 5.75 Å². The standard InChI is InChI=1S/C14H17FN2O3.ClH/c1-3-20-14(18)12(15)13(16)10-7-17-11-5-4-8(19-2)6-9(10)11;/h4-7,12-13,17H,3,16H2,1-2H3;1H/t12?,13-;/m1./s1. The van der Waals surface area contributed by atoms with Gasteiger partial charge in [0.15, 0.2) is 0 Å². The number of aromatic amines is 1. The topological polar surface area (TPSA) is 77.3 Å². The van der Waals surface area contributed by atoms with Gasteiger partial charge >= 0.3 is 5.97 Å². The van der Waals surface area contributed by atoms with Gasteiger partial charge in [0.2, 0.25) is 6.17 Å². The van der Waals surface area contributed by atoms with Gasteiger partial charge in [-0.15, -0.1) is 12.4 Å². The van der Waals surface area contributed by atoms with Crippen molar-refractivity contribution in [3.8, 4) is 5.75 Å². The van der Waals surface area contributed by atoms with E-state index in [0.29, 0.717) is 11.3 Å². The summed E-state index contributed by atoms with van der Waals surface area (Å²) in [6.07, 6.45) is -0.305. The Morgan fingerprint density at radius 1 is 1.48 bits per heavy atom. The highest BCUT2D eigenvalue weighted by atomic mass is 35.5. The number of hydrogen-bond donors (Lipinski definition) is 2. The fraction of sp³-hybridized carbons (Fsp3) is 0.357. The molecule has 2 aromatic rings. The molecular weight excluding hydrogens is 299 g/mol. The van der Waals surface area contributed by atoms with Crippen LogP contribution >= 0.6 is 12.4 Å².